The van der Waals surface area contributed by atoms with E-state index in [0.29, 0.717) is 5.92 Å². The number of aryl methyl sites for hydroxylation is 1. The van der Waals surface area contributed by atoms with E-state index in [1.54, 1.807) is 0 Å². The molecule has 0 aliphatic heterocycles. The highest BCUT2D eigenvalue weighted by Crippen LogP contribution is 2.58. The average Bonchev–Trinajstić information content (AvgIpc) is 3.97. The van der Waals surface area contributed by atoms with E-state index in [0.717, 1.165) is 57.1 Å². The SMILES string of the molecule is C/C=C(\C1=C(/C)C2CC=CC=C2C(CS(C)(Cl)Cl)CCCCCc2ccccc2-c2scc(-n3c4ccccc4c4ccccc43)c2CCC1)n1c2ccccc2c2ccccc21. The quantitative estimate of drug-likeness (QED) is 0.163. The molecule has 2 nitrogen and oxygen atoms in total. The number of rotatable bonds is 5. The Bertz CT molecular complexity index is 3000. The first-order valence-electron chi connectivity index (χ1n) is 22.8. The van der Waals surface area contributed by atoms with Crippen LogP contribution in [0.4, 0.5) is 0 Å². The van der Waals surface area contributed by atoms with Gasteiger partial charge in [0.2, 0.25) is 0 Å². The first-order valence-corrected chi connectivity index (χ1v) is 27.6. The molecule has 0 amide bonds. The molecule has 2 atom stereocenters. The highest BCUT2D eigenvalue weighted by Gasteiger charge is 2.31. The van der Waals surface area contributed by atoms with Crippen molar-refractivity contribution in [2.75, 3.05) is 12.0 Å². The van der Waals surface area contributed by atoms with Gasteiger partial charge < -0.3 is 9.13 Å². The Balaban J connectivity index is 1.16. The summed E-state index contributed by atoms with van der Waals surface area (Å²) in [7, 11) is 12.3. The minimum absolute atomic E-state index is 0.276. The summed E-state index contributed by atoms with van der Waals surface area (Å²) < 4.78 is 5.11. The van der Waals surface area contributed by atoms with Gasteiger partial charge in [-0.15, -0.1) is 11.3 Å². The molecule has 6 heteroatoms. The Morgan fingerprint density at radius 2 is 1.32 bits per heavy atom. The van der Waals surface area contributed by atoms with Crippen LogP contribution in [0, 0.1) is 11.8 Å². The molecule has 5 aromatic carbocycles. The Labute approximate surface area is 387 Å². The van der Waals surface area contributed by atoms with Crippen molar-refractivity contribution in [2.24, 2.45) is 11.8 Å². The third kappa shape index (κ3) is 8.07. The van der Waals surface area contributed by atoms with Crippen molar-refractivity contribution in [3.8, 4) is 16.1 Å². The summed E-state index contributed by atoms with van der Waals surface area (Å²) in [5.74, 6) is 1.43. The normalized spacial score (nSPS) is 19.8. The molecule has 3 heterocycles. The molecule has 8 aromatic rings. The summed E-state index contributed by atoms with van der Waals surface area (Å²) in [4.78, 5) is 1.41. The molecule has 0 radical (unpaired) electrons. The maximum Gasteiger partial charge on any atom is 0.0607 e. The Hall–Kier alpha value is -4.71. The van der Waals surface area contributed by atoms with Crippen molar-refractivity contribution < 1.29 is 0 Å². The van der Waals surface area contributed by atoms with Crippen LogP contribution in [0.25, 0.3) is 65.4 Å². The van der Waals surface area contributed by atoms with Crippen LogP contribution in [0.2, 0.25) is 0 Å². The number of allylic oxidation sites excluding steroid dienone is 8. The largest absolute Gasteiger partial charge is 0.309 e. The van der Waals surface area contributed by atoms with Crippen molar-refractivity contribution in [2.45, 2.75) is 71.6 Å². The Morgan fingerprint density at radius 3 is 1.97 bits per heavy atom. The van der Waals surface area contributed by atoms with Crippen molar-refractivity contribution in [3.05, 3.63) is 179 Å². The molecule has 0 fully saturated rings. The maximum atomic E-state index is 7.03. The third-order valence-electron chi connectivity index (χ3n) is 13.9. The van der Waals surface area contributed by atoms with E-state index in [2.05, 4.69) is 180 Å². The van der Waals surface area contributed by atoms with Crippen LogP contribution in [-0.4, -0.2) is 21.1 Å². The van der Waals surface area contributed by atoms with Crippen molar-refractivity contribution >= 4 is 90.5 Å². The lowest BCUT2D eigenvalue weighted by atomic mass is 9.76. The number of thiophene rings is 1. The molecule has 2 aliphatic carbocycles. The third-order valence-corrected chi connectivity index (χ3v) is 16.7. The molecule has 2 aliphatic rings. The van der Waals surface area contributed by atoms with Gasteiger partial charge in [-0.25, -0.2) is 0 Å². The summed E-state index contributed by atoms with van der Waals surface area (Å²) in [6.45, 7) is 4.69. The smallest absolute Gasteiger partial charge is 0.0607 e. The topological polar surface area (TPSA) is 9.86 Å². The zero-order valence-corrected chi connectivity index (χ0v) is 39.8. The van der Waals surface area contributed by atoms with Gasteiger partial charge in [-0.05, 0) is 117 Å². The number of hydrogen-bond acceptors (Lipinski definition) is 1. The molecule has 3 aromatic heterocycles. The van der Waals surface area contributed by atoms with Gasteiger partial charge in [0, 0.05) is 49.2 Å². The van der Waals surface area contributed by atoms with Crippen LogP contribution in [-0.2, 0) is 12.8 Å². The summed E-state index contributed by atoms with van der Waals surface area (Å²) in [5.41, 5.74) is 16.4. The lowest BCUT2D eigenvalue weighted by Crippen LogP contribution is -2.21. The van der Waals surface area contributed by atoms with Crippen molar-refractivity contribution in [1.29, 1.82) is 0 Å². The van der Waals surface area contributed by atoms with Crippen LogP contribution in [0.1, 0.15) is 69.9 Å². The van der Waals surface area contributed by atoms with Gasteiger partial charge >= 0.3 is 0 Å². The lowest BCUT2D eigenvalue weighted by Gasteiger charge is -2.35. The standard InChI is InChI=1S/C57H56Cl2N2S2/c1-4-51(60-52-33-16-12-27-46(52)47-28-13-17-34-53(47)60)43-31-20-32-50-56(61-54-35-18-14-29-48(54)49-30-15-19-36-55(49)61)37-62-57(50)45-26-9-8-22-40(45)21-6-5-7-23-41(38-63(3,58)59)44-25-11-10-24-42(44)39(43)2/h4,8-19,22,25-30,33-37,41-42H,5-7,20-21,23-24,31-32,38H2,1-3H3/b43-39+,51-4+. The zero-order chi connectivity index (χ0) is 43.1. The fourth-order valence-electron chi connectivity index (χ4n) is 11.0. The zero-order valence-electron chi connectivity index (χ0n) is 36.6. The minimum Gasteiger partial charge on any atom is -0.309 e. The van der Waals surface area contributed by atoms with Crippen molar-refractivity contribution in [3.63, 3.8) is 0 Å². The predicted octanol–water partition coefficient (Wildman–Crippen LogP) is 17.8. The van der Waals surface area contributed by atoms with Crippen LogP contribution >= 0.6 is 41.2 Å². The lowest BCUT2D eigenvalue weighted by molar-refractivity contribution is 0.503. The molecule has 2 unspecified atom stereocenters. The predicted molar refractivity (Wildman–Crippen MR) is 280 cm³/mol. The number of halogens is 2. The van der Waals surface area contributed by atoms with Crippen LogP contribution < -0.4 is 0 Å². The molecule has 0 saturated carbocycles. The number of benzene rings is 5. The van der Waals surface area contributed by atoms with Gasteiger partial charge in [0.05, 0.1) is 27.8 Å². The molecule has 63 heavy (non-hydrogen) atoms. The molecular weight excluding hydrogens is 848 g/mol. The molecule has 320 valence electrons. The van der Waals surface area contributed by atoms with E-state index >= 15 is 0 Å². The molecular formula is C57H56Cl2N2S2. The summed E-state index contributed by atoms with van der Waals surface area (Å²) in [6, 6.07) is 45.0. The van der Waals surface area contributed by atoms with E-state index in [9.17, 15) is 0 Å². The van der Waals surface area contributed by atoms with Gasteiger partial charge in [-0.1, -0.05) is 175 Å². The molecule has 0 N–H and O–H groups in total. The monoisotopic (exact) mass is 902 g/mol. The van der Waals surface area contributed by atoms with Gasteiger partial charge in [-0.3, -0.25) is 0 Å². The molecule has 10 rings (SSSR count). The highest BCUT2D eigenvalue weighted by atomic mass is 36.0. The first-order chi connectivity index (χ1) is 30.8. The second-order valence-electron chi connectivity index (χ2n) is 17.7. The second-order valence-corrected chi connectivity index (χ2v) is 25.3. The molecule has 0 spiro atoms. The molecule has 0 bridgehead atoms. The summed E-state index contributed by atoms with van der Waals surface area (Å²) >= 11 is 1.93. The van der Waals surface area contributed by atoms with Crippen LogP contribution in [0.3, 0.4) is 0 Å². The minimum atomic E-state index is -1.77. The average molecular weight is 904 g/mol. The van der Waals surface area contributed by atoms with Crippen LogP contribution in [0.15, 0.2) is 168 Å². The van der Waals surface area contributed by atoms with Crippen LogP contribution in [0.5, 0.6) is 0 Å². The summed E-state index contributed by atoms with van der Waals surface area (Å²) in [6.07, 6.45) is 21.1. The summed E-state index contributed by atoms with van der Waals surface area (Å²) in [5, 5.41) is 7.64. The van der Waals surface area contributed by atoms with E-state index in [4.69, 9.17) is 21.4 Å². The number of hydrogen-bond donors (Lipinski definition) is 0. The van der Waals surface area contributed by atoms with E-state index in [1.165, 1.54) is 99.7 Å². The Kier molecular flexibility index (Phi) is 12.1. The number of aromatic nitrogens is 2. The number of fused-ring (bicyclic) bond motifs is 10. The highest BCUT2D eigenvalue weighted by molar-refractivity contribution is 8.65. The van der Waals surface area contributed by atoms with E-state index in [-0.39, 0.29) is 5.92 Å². The number of nitrogens with zero attached hydrogens (tertiary/aromatic N) is 2. The molecule has 0 saturated heterocycles. The number of para-hydroxylation sites is 4. The van der Waals surface area contributed by atoms with Crippen molar-refractivity contribution in [1.82, 2.24) is 9.13 Å². The van der Waals surface area contributed by atoms with Gasteiger partial charge in [0.25, 0.3) is 0 Å². The maximum absolute atomic E-state index is 7.03. The van der Waals surface area contributed by atoms with Gasteiger partial charge in [0.15, 0.2) is 0 Å². The van der Waals surface area contributed by atoms with E-state index in [1.807, 2.05) is 11.3 Å². The first kappa shape index (κ1) is 42.3. The van der Waals surface area contributed by atoms with Gasteiger partial charge in [-0.2, -0.15) is 0 Å². The van der Waals surface area contributed by atoms with Gasteiger partial charge in [0.1, 0.15) is 0 Å². The Morgan fingerprint density at radius 1 is 0.714 bits per heavy atom. The van der Waals surface area contributed by atoms with E-state index < -0.39 is 8.46 Å². The fraction of sp³-hybridized carbons (Fsp3) is 0.263. The second kappa shape index (κ2) is 18.0. The fourth-order valence-corrected chi connectivity index (χ4v) is 14.2.